The highest BCUT2D eigenvalue weighted by Gasteiger charge is 2.30. The number of rotatable bonds is 6. The van der Waals surface area contributed by atoms with E-state index < -0.39 is 6.04 Å². The Balaban J connectivity index is 2.38. The van der Waals surface area contributed by atoms with Gasteiger partial charge in [-0.1, -0.05) is 81.4 Å². The van der Waals surface area contributed by atoms with Gasteiger partial charge in [-0.05, 0) is 23.5 Å². The number of Topliss-reactive ketones (excluding diaryl/α,β-unsaturated/α-hetero) is 1. The van der Waals surface area contributed by atoms with E-state index >= 15 is 0 Å². The molecule has 0 unspecified atom stereocenters. The van der Waals surface area contributed by atoms with Gasteiger partial charge in [0.2, 0.25) is 5.91 Å². The number of hydrogen-bond acceptors (Lipinski definition) is 2. The molecule has 0 saturated heterocycles. The summed E-state index contributed by atoms with van der Waals surface area (Å²) in [5.74, 6) is -0.339. The number of benzene rings is 2. The molecule has 2 aromatic carbocycles. The smallest absolute Gasteiger partial charge is 0.221 e. The largest absolute Gasteiger partial charge is 0.345 e. The third-order valence-electron chi connectivity index (χ3n) is 4.10. The molecule has 1 amide bonds. The topological polar surface area (TPSA) is 46.2 Å². The molecule has 0 heterocycles. The van der Waals surface area contributed by atoms with Gasteiger partial charge in [-0.2, -0.15) is 0 Å². The highest BCUT2D eigenvalue weighted by molar-refractivity contribution is 5.89. The van der Waals surface area contributed by atoms with E-state index in [2.05, 4.69) is 5.32 Å². The van der Waals surface area contributed by atoms with Crippen LogP contribution in [0.2, 0.25) is 0 Å². The number of carbonyl (C=O) groups excluding carboxylic acids is 2. The molecule has 0 aromatic heterocycles. The SMILES string of the molecule is CC(=O)[C@H](NC(=O)CC(C)(C)C)C(c1ccccc1)c1ccccc1. The lowest BCUT2D eigenvalue weighted by Gasteiger charge is -2.28. The maximum atomic E-state index is 12.5. The Kier molecular flexibility index (Phi) is 6.13. The molecule has 1 N–H and O–H groups in total. The number of ketones is 1. The minimum absolute atomic E-state index is 0.0417. The minimum atomic E-state index is -0.584. The third-order valence-corrected chi connectivity index (χ3v) is 4.10. The van der Waals surface area contributed by atoms with Crippen LogP contribution in [0, 0.1) is 5.41 Å². The summed E-state index contributed by atoms with van der Waals surface area (Å²) in [7, 11) is 0. The predicted octanol–water partition coefficient (Wildman–Crippen LogP) is 4.33. The van der Waals surface area contributed by atoms with E-state index in [1.165, 1.54) is 0 Å². The molecule has 3 heteroatoms. The number of carbonyl (C=O) groups is 2. The summed E-state index contributed by atoms with van der Waals surface area (Å²) in [6.07, 6.45) is 0.382. The fourth-order valence-corrected chi connectivity index (χ4v) is 3.02. The molecule has 0 saturated carbocycles. The van der Waals surface area contributed by atoms with Gasteiger partial charge in [0.05, 0.1) is 6.04 Å². The second-order valence-corrected chi connectivity index (χ2v) is 7.69. The van der Waals surface area contributed by atoms with Crippen LogP contribution in [-0.2, 0) is 9.59 Å². The Hall–Kier alpha value is -2.42. The summed E-state index contributed by atoms with van der Waals surface area (Å²) in [6.45, 7) is 7.59. The second-order valence-electron chi connectivity index (χ2n) is 7.69. The molecule has 0 bridgehead atoms. The van der Waals surface area contributed by atoms with E-state index in [0.717, 1.165) is 11.1 Å². The molecule has 0 aliphatic carbocycles. The first-order valence-corrected chi connectivity index (χ1v) is 8.67. The molecular weight excluding hydrogens is 310 g/mol. The van der Waals surface area contributed by atoms with Gasteiger partial charge in [-0.25, -0.2) is 0 Å². The summed E-state index contributed by atoms with van der Waals surface area (Å²) in [5.41, 5.74) is 1.91. The normalized spacial score (nSPS) is 12.7. The molecule has 1 atom stereocenters. The molecule has 2 rings (SSSR count). The fourth-order valence-electron chi connectivity index (χ4n) is 3.02. The van der Waals surface area contributed by atoms with Gasteiger partial charge in [0, 0.05) is 12.3 Å². The number of nitrogens with one attached hydrogen (secondary N) is 1. The maximum absolute atomic E-state index is 12.5. The van der Waals surface area contributed by atoms with Crippen LogP contribution in [0.25, 0.3) is 0 Å². The quantitative estimate of drug-likeness (QED) is 0.853. The summed E-state index contributed by atoms with van der Waals surface area (Å²) in [4.78, 5) is 24.9. The van der Waals surface area contributed by atoms with Crippen molar-refractivity contribution in [2.75, 3.05) is 0 Å². The molecule has 0 aliphatic rings. The van der Waals surface area contributed by atoms with Crippen LogP contribution in [0.3, 0.4) is 0 Å². The summed E-state index contributed by atoms with van der Waals surface area (Å²) >= 11 is 0. The molecule has 0 fully saturated rings. The van der Waals surface area contributed by atoms with E-state index in [-0.39, 0.29) is 23.0 Å². The van der Waals surface area contributed by atoms with Gasteiger partial charge in [0.25, 0.3) is 0 Å². The predicted molar refractivity (Wildman–Crippen MR) is 101 cm³/mol. The first kappa shape index (κ1) is 18.9. The van der Waals surface area contributed by atoms with Gasteiger partial charge < -0.3 is 5.32 Å². The summed E-state index contributed by atoms with van der Waals surface area (Å²) < 4.78 is 0. The fraction of sp³-hybridized carbons (Fsp3) is 0.364. The van der Waals surface area contributed by atoms with Gasteiger partial charge in [-0.15, -0.1) is 0 Å². The zero-order valence-electron chi connectivity index (χ0n) is 15.5. The molecule has 132 valence electrons. The molecule has 3 nitrogen and oxygen atoms in total. The van der Waals surface area contributed by atoms with Crippen molar-refractivity contribution in [1.82, 2.24) is 5.32 Å². The van der Waals surface area contributed by atoms with Gasteiger partial charge in [-0.3, -0.25) is 9.59 Å². The minimum Gasteiger partial charge on any atom is -0.345 e. The van der Waals surface area contributed by atoms with Crippen molar-refractivity contribution in [3.05, 3.63) is 71.8 Å². The Morgan fingerprint density at radius 3 is 1.68 bits per heavy atom. The van der Waals surface area contributed by atoms with Crippen molar-refractivity contribution in [2.24, 2.45) is 5.41 Å². The standard InChI is InChI=1S/C22H27NO2/c1-16(24)21(23-19(25)15-22(2,3)4)20(17-11-7-5-8-12-17)18-13-9-6-10-14-18/h5-14,20-21H,15H2,1-4H3,(H,23,25)/t21-/m0/s1. The zero-order chi connectivity index (χ0) is 18.4. The number of amides is 1. The Morgan fingerprint density at radius 2 is 1.32 bits per heavy atom. The van der Waals surface area contributed by atoms with Crippen LogP contribution < -0.4 is 5.32 Å². The van der Waals surface area contributed by atoms with Crippen LogP contribution in [0.5, 0.6) is 0 Å². The van der Waals surface area contributed by atoms with Crippen LogP contribution in [-0.4, -0.2) is 17.7 Å². The van der Waals surface area contributed by atoms with Crippen molar-refractivity contribution in [2.45, 2.75) is 46.1 Å². The van der Waals surface area contributed by atoms with Crippen LogP contribution >= 0.6 is 0 Å². The lowest BCUT2D eigenvalue weighted by molar-refractivity contribution is -0.128. The molecule has 2 aromatic rings. The molecule has 25 heavy (non-hydrogen) atoms. The van der Waals surface area contributed by atoms with Gasteiger partial charge >= 0.3 is 0 Å². The average Bonchev–Trinajstić information content (AvgIpc) is 2.54. The second kappa shape index (κ2) is 8.11. The zero-order valence-corrected chi connectivity index (χ0v) is 15.5. The number of hydrogen-bond donors (Lipinski definition) is 1. The van der Waals surface area contributed by atoms with Crippen LogP contribution in [0.1, 0.15) is 51.2 Å². The van der Waals surface area contributed by atoms with Crippen molar-refractivity contribution >= 4 is 11.7 Å². The molecule has 0 aliphatic heterocycles. The Labute approximate surface area is 150 Å². The highest BCUT2D eigenvalue weighted by atomic mass is 16.2. The van der Waals surface area contributed by atoms with E-state index in [1.807, 2.05) is 81.4 Å². The van der Waals surface area contributed by atoms with Crippen LogP contribution in [0.15, 0.2) is 60.7 Å². The molecule has 0 spiro atoms. The Morgan fingerprint density at radius 1 is 0.880 bits per heavy atom. The van der Waals surface area contributed by atoms with E-state index in [9.17, 15) is 9.59 Å². The summed E-state index contributed by atoms with van der Waals surface area (Å²) in [5, 5.41) is 2.98. The summed E-state index contributed by atoms with van der Waals surface area (Å²) in [6, 6.07) is 19.2. The molecule has 0 radical (unpaired) electrons. The first-order valence-electron chi connectivity index (χ1n) is 8.67. The van der Waals surface area contributed by atoms with Crippen LogP contribution in [0.4, 0.5) is 0 Å². The lowest BCUT2D eigenvalue weighted by atomic mass is 9.83. The monoisotopic (exact) mass is 337 g/mol. The maximum Gasteiger partial charge on any atom is 0.221 e. The van der Waals surface area contributed by atoms with Gasteiger partial charge in [0.1, 0.15) is 0 Å². The molecular formula is C22H27NO2. The van der Waals surface area contributed by atoms with E-state index in [4.69, 9.17) is 0 Å². The van der Waals surface area contributed by atoms with Crippen molar-refractivity contribution in [3.8, 4) is 0 Å². The van der Waals surface area contributed by atoms with E-state index in [1.54, 1.807) is 6.92 Å². The average molecular weight is 337 g/mol. The third kappa shape index (κ3) is 5.56. The van der Waals surface area contributed by atoms with Crippen molar-refractivity contribution in [3.63, 3.8) is 0 Å². The van der Waals surface area contributed by atoms with Crippen molar-refractivity contribution < 1.29 is 9.59 Å². The highest BCUT2D eigenvalue weighted by Crippen LogP contribution is 2.29. The first-order chi connectivity index (χ1) is 11.8. The Bertz CT molecular complexity index is 662. The van der Waals surface area contributed by atoms with E-state index in [0.29, 0.717) is 6.42 Å². The van der Waals surface area contributed by atoms with Crippen molar-refractivity contribution in [1.29, 1.82) is 0 Å². The van der Waals surface area contributed by atoms with Gasteiger partial charge in [0.15, 0.2) is 5.78 Å². The lowest BCUT2D eigenvalue weighted by Crippen LogP contribution is -2.45.